The van der Waals surface area contributed by atoms with E-state index in [9.17, 15) is 4.79 Å². The Morgan fingerprint density at radius 3 is 2.48 bits per heavy atom. The summed E-state index contributed by atoms with van der Waals surface area (Å²) in [7, 11) is 2.23. The minimum atomic E-state index is -0.255. The Labute approximate surface area is 129 Å². The fourth-order valence-electron chi connectivity index (χ4n) is 4.65. The van der Waals surface area contributed by atoms with Gasteiger partial charge in [0.05, 0.1) is 5.41 Å². The molecule has 2 aliphatic heterocycles. The van der Waals surface area contributed by atoms with E-state index in [1.807, 2.05) is 0 Å². The predicted octanol–water partition coefficient (Wildman–Crippen LogP) is 1.84. The number of carbonyl (C=O) groups excluding carboxylic acids is 1. The molecule has 0 spiro atoms. The molecule has 2 N–H and O–H groups in total. The molecule has 21 heavy (non-hydrogen) atoms. The van der Waals surface area contributed by atoms with Crippen LogP contribution in [0.2, 0.25) is 0 Å². The van der Waals surface area contributed by atoms with Gasteiger partial charge in [-0.15, -0.1) is 0 Å². The predicted molar refractivity (Wildman–Crippen MR) is 84.9 cm³/mol. The summed E-state index contributed by atoms with van der Waals surface area (Å²) in [5.74, 6) is 1.11. The zero-order valence-corrected chi connectivity index (χ0v) is 13.7. The molecular formula is C17H31N3O. The van der Waals surface area contributed by atoms with E-state index in [0.29, 0.717) is 24.5 Å². The summed E-state index contributed by atoms with van der Waals surface area (Å²) >= 11 is 0. The number of likely N-dealkylation sites (tertiary alicyclic amines) is 1. The molecule has 1 saturated carbocycles. The van der Waals surface area contributed by atoms with Crippen LogP contribution in [0.4, 0.5) is 0 Å². The van der Waals surface area contributed by atoms with Crippen molar-refractivity contribution in [3.05, 3.63) is 0 Å². The molecule has 2 bridgehead atoms. The molecular weight excluding hydrogens is 262 g/mol. The molecule has 2 heterocycles. The van der Waals surface area contributed by atoms with Crippen molar-refractivity contribution in [2.24, 2.45) is 17.1 Å². The van der Waals surface area contributed by atoms with Gasteiger partial charge in [-0.1, -0.05) is 6.92 Å². The van der Waals surface area contributed by atoms with Gasteiger partial charge in [0.25, 0.3) is 0 Å². The van der Waals surface area contributed by atoms with E-state index in [0.717, 1.165) is 51.1 Å². The maximum absolute atomic E-state index is 13.2. The van der Waals surface area contributed by atoms with Crippen LogP contribution in [0.1, 0.15) is 51.9 Å². The highest BCUT2D eigenvalue weighted by molar-refractivity contribution is 5.83. The molecule has 0 aromatic rings. The molecule has 2 atom stereocenters. The Morgan fingerprint density at radius 2 is 1.81 bits per heavy atom. The number of nitrogens with two attached hydrogens (primary N) is 1. The minimum Gasteiger partial charge on any atom is -0.341 e. The molecule has 0 aromatic heterocycles. The van der Waals surface area contributed by atoms with Crippen molar-refractivity contribution in [1.82, 2.24) is 9.80 Å². The second kappa shape index (κ2) is 5.88. The first-order valence-electron chi connectivity index (χ1n) is 8.77. The lowest BCUT2D eigenvalue weighted by Crippen LogP contribution is -2.51. The van der Waals surface area contributed by atoms with E-state index >= 15 is 0 Å². The molecule has 2 unspecified atom stereocenters. The van der Waals surface area contributed by atoms with E-state index in [-0.39, 0.29) is 5.41 Å². The number of hydrogen-bond donors (Lipinski definition) is 1. The Kier molecular flexibility index (Phi) is 4.28. The quantitative estimate of drug-likeness (QED) is 0.845. The van der Waals surface area contributed by atoms with Crippen LogP contribution in [0.25, 0.3) is 0 Å². The Hall–Kier alpha value is -0.610. The second-order valence-corrected chi connectivity index (χ2v) is 7.76. The van der Waals surface area contributed by atoms with Crippen LogP contribution in [0, 0.1) is 11.3 Å². The van der Waals surface area contributed by atoms with Crippen LogP contribution in [-0.4, -0.2) is 54.5 Å². The fraction of sp³-hybridized carbons (Fsp3) is 0.941. The lowest BCUT2D eigenvalue weighted by molar-refractivity contribution is -0.144. The van der Waals surface area contributed by atoms with Crippen molar-refractivity contribution in [2.45, 2.75) is 64.0 Å². The topological polar surface area (TPSA) is 49.6 Å². The van der Waals surface area contributed by atoms with Crippen molar-refractivity contribution in [2.75, 3.05) is 26.7 Å². The van der Waals surface area contributed by atoms with Crippen LogP contribution < -0.4 is 5.73 Å². The number of amides is 1. The fourth-order valence-corrected chi connectivity index (χ4v) is 4.65. The van der Waals surface area contributed by atoms with Crippen molar-refractivity contribution in [1.29, 1.82) is 0 Å². The Bertz CT molecular complexity index is 389. The van der Waals surface area contributed by atoms with Crippen LogP contribution in [0.15, 0.2) is 0 Å². The number of likely N-dealkylation sites (N-methyl/N-ethyl adjacent to an activating group) is 1. The van der Waals surface area contributed by atoms with Gasteiger partial charge in [0, 0.05) is 31.7 Å². The van der Waals surface area contributed by atoms with Crippen molar-refractivity contribution in [3.63, 3.8) is 0 Å². The normalized spacial score (nSPS) is 41.1. The highest BCUT2D eigenvalue weighted by Gasteiger charge is 2.44. The molecule has 0 aromatic carbocycles. The highest BCUT2D eigenvalue weighted by Crippen LogP contribution is 2.40. The Balaban J connectivity index is 1.72. The number of carbonyl (C=O) groups is 1. The van der Waals surface area contributed by atoms with Crippen molar-refractivity contribution >= 4 is 5.91 Å². The van der Waals surface area contributed by atoms with Gasteiger partial charge in [0.2, 0.25) is 5.91 Å². The molecule has 1 aliphatic carbocycles. The first-order valence-corrected chi connectivity index (χ1v) is 8.77. The van der Waals surface area contributed by atoms with Gasteiger partial charge in [0.15, 0.2) is 0 Å². The van der Waals surface area contributed by atoms with Gasteiger partial charge in [0.1, 0.15) is 0 Å². The molecule has 3 fully saturated rings. The Morgan fingerprint density at radius 1 is 1.14 bits per heavy atom. The second-order valence-electron chi connectivity index (χ2n) is 7.76. The summed E-state index contributed by atoms with van der Waals surface area (Å²) in [6.45, 7) is 4.68. The highest BCUT2D eigenvalue weighted by atomic mass is 16.2. The van der Waals surface area contributed by atoms with Gasteiger partial charge in [-0.25, -0.2) is 0 Å². The summed E-state index contributed by atoms with van der Waals surface area (Å²) in [6, 6.07) is 1.26. The molecule has 3 aliphatic rings. The monoisotopic (exact) mass is 293 g/mol. The molecule has 2 saturated heterocycles. The largest absolute Gasteiger partial charge is 0.341 e. The summed E-state index contributed by atoms with van der Waals surface area (Å²) in [4.78, 5) is 17.8. The summed E-state index contributed by atoms with van der Waals surface area (Å²) in [5, 5.41) is 0. The van der Waals surface area contributed by atoms with E-state index in [4.69, 9.17) is 5.73 Å². The molecule has 4 heteroatoms. The third kappa shape index (κ3) is 2.72. The molecule has 3 rings (SSSR count). The average Bonchev–Trinajstić information content (AvgIpc) is 2.73. The molecule has 1 amide bonds. The van der Waals surface area contributed by atoms with Gasteiger partial charge < -0.3 is 10.6 Å². The number of nitrogens with zero attached hydrogens (tertiary/aromatic N) is 2. The molecule has 4 nitrogen and oxygen atoms in total. The third-order valence-electron chi connectivity index (χ3n) is 6.51. The van der Waals surface area contributed by atoms with Crippen LogP contribution in [0.5, 0.6) is 0 Å². The van der Waals surface area contributed by atoms with E-state index < -0.39 is 0 Å². The zero-order chi connectivity index (χ0) is 15.0. The maximum Gasteiger partial charge on any atom is 0.230 e. The van der Waals surface area contributed by atoms with Gasteiger partial charge in [-0.2, -0.15) is 0 Å². The first-order chi connectivity index (χ1) is 10.1. The van der Waals surface area contributed by atoms with Crippen molar-refractivity contribution < 1.29 is 4.79 Å². The van der Waals surface area contributed by atoms with E-state index in [1.54, 1.807) is 0 Å². The van der Waals surface area contributed by atoms with E-state index in [1.165, 1.54) is 12.8 Å². The third-order valence-corrected chi connectivity index (χ3v) is 6.51. The van der Waals surface area contributed by atoms with Gasteiger partial charge >= 0.3 is 0 Å². The maximum atomic E-state index is 13.2. The summed E-state index contributed by atoms with van der Waals surface area (Å²) in [5.41, 5.74) is 5.82. The SMILES string of the molecule is CC1CCC(CN)(C(=O)N2CCC3CCC(C2)N3C)CC1. The lowest BCUT2D eigenvalue weighted by Gasteiger charge is -2.41. The molecule has 120 valence electrons. The standard InChI is InChI=1S/C17H31N3O/c1-13-5-8-17(12-18,9-6-13)16(21)20-10-7-14-3-4-15(11-20)19(14)2/h13-15H,3-12,18H2,1-2H3. The van der Waals surface area contributed by atoms with Gasteiger partial charge in [-0.3, -0.25) is 9.69 Å². The number of rotatable bonds is 2. The minimum absolute atomic E-state index is 0.255. The van der Waals surface area contributed by atoms with Crippen LogP contribution in [0.3, 0.4) is 0 Å². The molecule has 0 radical (unpaired) electrons. The lowest BCUT2D eigenvalue weighted by atomic mass is 9.70. The summed E-state index contributed by atoms with van der Waals surface area (Å²) in [6.07, 6.45) is 7.98. The number of hydrogen-bond acceptors (Lipinski definition) is 3. The van der Waals surface area contributed by atoms with E-state index in [2.05, 4.69) is 23.8 Å². The number of fused-ring (bicyclic) bond motifs is 2. The summed E-state index contributed by atoms with van der Waals surface area (Å²) < 4.78 is 0. The average molecular weight is 293 g/mol. The first kappa shape index (κ1) is 15.3. The van der Waals surface area contributed by atoms with Gasteiger partial charge in [-0.05, 0) is 57.9 Å². The van der Waals surface area contributed by atoms with Crippen LogP contribution >= 0.6 is 0 Å². The van der Waals surface area contributed by atoms with Crippen LogP contribution in [-0.2, 0) is 4.79 Å². The zero-order valence-electron chi connectivity index (χ0n) is 13.7. The van der Waals surface area contributed by atoms with Crippen molar-refractivity contribution in [3.8, 4) is 0 Å². The smallest absolute Gasteiger partial charge is 0.230 e.